The minimum absolute atomic E-state index is 0.0233. The summed E-state index contributed by atoms with van der Waals surface area (Å²) in [5, 5.41) is 5.57. The number of carbonyl (C=O) groups is 2. The minimum Gasteiger partial charge on any atom is -0.383 e. The molecule has 8 heteroatoms. The van der Waals surface area contributed by atoms with Crippen molar-refractivity contribution in [2.24, 2.45) is 5.73 Å². The number of benzene rings is 2. The number of carbonyl (C=O) groups excluding carboxylic acids is 2. The molecule has 0 spiro atoms. The van der Waals surface area contributed by atoms with Gasteiger partial charge in [0.2, 0.25) is 11.8 Å². The summed E-state index contributed by atoms with van der Waals surface area (Å²) in [5.41, 5.74) is 9.33. The van der Waals surface area contributed by atoms with Gasteiger partial charge in [-0.2, -0.15) is 0 Å². The topological polar surface area (TPSA) is 90.7 Å². The van der Waals surface area contributed by atoms with Crippen LogP contribution in [0.3, 0.4) is 0 Å². The quantitative estimate of drug-likeness (QED) is 0.483. The maximum atomic E-state index is 13.0. The van der Waals surface area contributed by atoms with Crippen LogP contribution in [-0.2, 0) is 16.0 Å². The van der Waals surface area contributed by atoms with Gasteiger partial charge in [-0.15, -0.1) is 11.8 Å². The van der Waals surface area contributed by atoms with Crippen molar-refractivity contribution in [1.82, 2.24) is 9.80 Å². The number of para-hydroxylation sites is 1. The van der Waals surface area contributed by atoms with Gasteiger partial charge >= 0.3 is 0 Å². The van der Waals surface area contributed by atoms with E-state index in [1.165, 1.54) is 43.3 Å². The second kappa shape index (κ2) is 11.7. The van der Waals surface area contributed by atoms with E-state index < -0.39 is 6.04 Å². The van der Waals surface area contributed by atoms with Gasteiger partial charge in [-0.1, -0.05) is 30.3 Å². The van der Waals surface area contributed by atoms with Gasteiger partial charge in [0.15, 0.2) is 0 Å². The molecule has 0 aliphatic carbocycles. The molecule has 2 aromatic rings. The van der Waals surface area contributed by atoms with Crippen LogP contribution in [0.5, 0.6) is 0 Å². The first kappa shape index (κ1) is 24.6. The van der Waals surface area contributed by atoms with Gasteiger partial charge in [0.25, 0.3) is 0 Å². The number of rotatable bonds is 10. The molecule has 4 rings (SSSR count). The highest BCUT2D eigenvalue weighted by Crippen LogP contribution is 2.33. The van der Waals surface area contributed by atoms with Crippen LogP contribution >= 0.6 is 11.8 Å². The zero-order valence-electron chi connectivity index (χ0n) is 19.8. The lowest BCUT2D eigenvalue weighted by Gasteiger charge is -2.26. The Kier molecular flexibility index (Phi) is 8.48. The number of anilines is 2. The van der Waals surface area contributed by atoms with Crippen LogP contribution < -0.4 is 16.4 Å². The lowest BCUT2D eigenvalue weighted by atomic mass is 10.1. The Morgan fingerprint density at radius 3 is 2.47 bits per heavy atom. The van der Waals surface area contributed by atoms with Gasteiger partial charge in [0.05, 0.1) is 0 Å². The van der Waals surface area contributed by atoms with E-state index in [0.29, 0.717) is 18.8 Å². The molecule has 2 fully saturated rings. The molecule has 2 aliphatic rings. The van der Waals surface area contributed by atoms with E-state index in [0.717, 1.165) is 18.7 Å². The van der Waals surface area contributed by atoms with Gasteiger partial charge in [0, 0.05) is 31.0 Å². The van der Waals surface area contributed by atoms with E-state index in [9.17, 15) is 9.59 Å². The predicted octanol–water partition coefficient (Wildman–Crippen LogP) is 2.99. The van der Waals surface area contributed by atoms with Gasteiger partial charge < -0.3 is 26.2 Å². The number of nitrogens with one attached hydrogen (secondary N) is 2. The third-order valence-electron chi connectivity index (χ3n) is 6.52. The van der Waals surface area contributed by atoms with Crippen molar-refractivity contribution in [1.29, 1.82) is 0 Å². The summed E-state index contributed by atoms with van der Waals surface area (Å²) in [5.74, 6) is -0.261. The number of hydrogen-bond acceptors (Lipinski definition) is 6. The van der Waals surface area contributed by atoms with Crippen LogP contribution in [0.2, 0.25) is 0 Å². The van der Waals surface area contributed by atoms with Gasteiger partial charge in [-0.05, 0) is 69.1 Å². The molecule has 2 heterocycles. The number of amides is 2. The zero-order valence-corrected chi connectivity index (χ0v) is 20.6. The van der Waals surface area contributed by atoms with Gasteiger partial charge in [-0.25, -0.2) is 0 Å². The molecule has 182 valence electrons. The smallest absolute Gasteiger partial charge is 0.244 e. The van der Waals surface area contributed by atoms with Crippen molar-refractivity contribution in [2.45, 2.75) is 42.9 Å². The molecule has 2 saturated heterocycles. The van der Waals surface area contributed by atoms with Crippen LogP contribution in [0.4, 0.5) is 11.4 Å². The second-order valence-corrected chi connectivity index (χ2v) is 10.2. The highest BCUT2D eigenvalue weighted by atomic mass is 32.2. The fraction of sp³-hybridized carbons (Fsp3) is 0.462. The van der Waals surface area contributed by atoms with Crippen LogP contribution in [0.1, 0.15) is 25.3 Å². The molecule has 7 nitrogen and oxygen atoms in total. The molecule has 2 aliphatic heterocycles. The molecular formula is C26H35N5O2S. The predicted molar refractivity (Wildman–Crippen MR) is 140 cm³/mol. The van der Waals surface area contributed by atoms with Crippen molar-refractivity contribution in [2.75, 3.05) is 43.4 Å². The Morgan fingerprint density at radius 1 is 1.09 bits per heavy atom. The zero-order chi connectivity index (χ0) is 23.9. The highest BCUT2D eigenvalue weighted by Gasteiger charge is 2.44. The van der Waals surface area contributed by atoms with E-state index in [1.54, 1.807) is 4.90 Å². The summed E-state index contributed by atoms with van der Waals surface area (Å²) in [6.07, 6.45) is 3.70. The van der Waals surface area contributed by atoms with E-state index in [4.69, 9.17) is 5.73 Å². The molecule has 4 N–H and O–H groups in total. The number of thioether (sulfide) groups is 1. The van der Waals surface area contributed by atoms with Crippen molar-refractivity contribution in [3.8, 4) is 0 Å². The highest BCUT2D eigenvalue weighted by molar-refractivity contribution is 8.01. The summed E-state index contributed by atoms with van der Waals surface area (Å²) in [4.78, 5) is 29.9. The fourth-order valence-corrected chi connectivity index (χ4v) is 5.99. The number of likely N-dealkylation sites (N-methyl/N-ethyl adjacent to an activating group) is 1. The monoisotopic (exact) mass is 481 g/mol. The van der Waals surface area contributed by atoms with E-state index >= 15 is 0 Å². The van der Waals surface area contributed by atoms with Crippen LogP contribution in [0.25, 0.3) is 0 Å². The fourth-order valence-electron chi connectivity index (χ4n) is 4.53. The van der Waals surface area contributed by atoms with Gasteiger partial charge in [-0.3, -0.25) is 9.59 Å². The molecule has 3 atom stereocenters. The summed E-state index contributed by atoms with van der Waals surface area (Å²) < 4.78 is 0. The first-order chi connectivity index (χ1) is 16.5. The van der Waals surface area contributed by atoms with Crippen LogP contribution in [0.15, 0.2) is 54.6 Å². The summed E-state index contributed by atoms with van der Waals surface area (Å²) in [6.45, 7) is 6.50. The minimum atomic E-state index is -0.811. The maximum absolute atomic E-state index is 13.0. The van der Waals surface area contributed by atoms with Crippen molar-refractivity contribution in [3.63, 3.8) is 0 Å². The Balaban J connectivity index is 1.29. The molecule has 0 radical (unpaired) electrons. The van der Waals surface area contributed by atoms with E-state index in [2.05, 4.69) is 39.8 Å². The Hall–Kier alpha value is -2.55. The average molecular weight is 482 g/mol. The van der Waals surface area contributed by atoms with Crippen LogP contribution in [-0.4, -0.2) is 71.0 Å². The Morgan fingerprint density at radius 2 is 1.79 bits per heavy atom. The molecule has 2 amide bonds. The summed E-state index contributed by atoms with van der Waals surface area (Å²) in [7, 11) is 0. The normalized spacial score (nSPS) is 21.6. The molecule has 2 aromatic carbocycles. The lowest BCUT2D eigenvalue weighted by molar-refractivity contribution is -0.130. The first-order valence-corrected chi connectivity index (χ1v) is 13.1. The molecule has 1 unspecified atom stereocenters. The van der Waals surface area contributed by atoms with Crippen LogP contribution in [0, 0.1) is 0 Å². The SMILES string of the molecule is CCN1C(=O)[C@@H](CNc2ccc(CCN3CCCC3)cc2)SC1[C@H](N)C(=O)Nc1ccccc1. The summed E-state index contributed by atoms with van der Waals surface area (Å²) >= 11 is 1.47. The second-order valence-electron chi connectivity index (χ2n) is 8.90. The molecule has 0 aromatic heterocycles. The third-order valence-corrected chi connectivity index (χ3v) is 8.05. The summed E-state index contributed by atoms with van der Waals surface area (Å²) in [6, 6.07) is 16.9. The van der Waals surface area contributed by atoms with Crippen molar-refractivity contribution >= 4 is 35.0 Å². The molecule has 0 bridgehead atoms. The molecule has 0 saturated carbocycles. The average Bonchev–Trinajstić information content (AvgIpc) is 3.49. The first-order valence-electron chi connectivity index (χ1n) is 12.2. The maximum Gasteiger partial charge on any atom is 0.244 e. The van der Waals surface area contributed by atoms with E-state index in [-0.39, 0.29) is 22.4 Å². The largest absolute Gasteiger partial charge is 0.383 e. The van der Waals surface area contributed by atoms with Crippen molar-refractivity contribution in [3.05, 3.63) is 60.2 Å². The lowest BCUT2D eigenvalue weighted by Crippen LogP contribution is -2.50. The van der Waals surface area contributed by atoms with E-state index in [1.807, 2.05) is 37.3 Å². The molecule has 34 heavy (non-hydrogen) atoms. The number of nitrogens with zero attached hydrogens (tertiary/aromatic N) is 2. The van der Waals surface area contributed by atoms with Gasteiger partial charge in [0.1, 0.15) is 16.7 Å². The Labute approximate surface area is 206 Å². The number of likely N-dealkylation sites (tertiary alicyclic amines) is 1. The third kappa shape index (κ3) is 6.11. The molecular weight excluding hydrogens is 446 g/mol. The van der Waals surface area contributed by atoms with Crippen molar-refractivity contribution < 1.29 is 9.59 Å². The standard InChI is InChI=1S/C26H35N5O2S/c1-2-31-25(33)22(34-26(31)23(27)24(32)29-21-8-4-3-5-9-21)18-28-20-12-10-19(11-13-20)14-17-30-15-6-7-16-30/h3-5,8-13,22-23,26,28H,2,6-7,14-18,27H2,1H3,(H,29,32)/t22-,23-,26?/m1/s1. The Bertz CT molecular complexity index is 949. The number of hydrogen-bond donors (Lipinski definition) is 3. The number of nitrogens with two attached hydrogens (primary N) is 1.